The van der Waals surface area contributed by atoms with Crippen LogP contribution in [0.2, 0.25) is 10.0 Å². The summed E-state index contributed by atoms with van der Waals surface area (Å²) in [5.41, 5.74) is 0.882. The molecule has 1 aliphatic rings. The van der Waals surface area contributed by atoms with Crippen LogP contribution in [0.3, 0.4) is 0 Å². The Labute approximate surface area is 140 Å². The average Bonchev–Trinajstić information content (AvgIpc) is 2.45. The van der Waals surface area contributed by atoms with Crippen molar-refractivity contribution in [2.24, 2.45) is 11.8 Å². The number of carbonyl (C=O) groups excluding carboxylic acids is 1. The van der Waals surface area contributed by atoms with Crippen molar-refractivity contribution in [2.75, 3.05) is 7.05 Å². The Kier molecular flexibility index (Phi) is 5.70. The number of aliphatic carboxylic acids is 1. The molecule has 1 aliphatic carbocycles. The molecule has 4 nitrogen and oxygen atoms in total. The Morgan fingerprint density at radius 2 is 1.59 bits per heavy atom. The summed E-state index contributed by atoms with van der Waals surface area (Å²) in [6.45, 7) is 0.442. The van der Waals surface area contributed by atoms with Gasteiger partial charge < -0.3 is 10.0 Å². The molecule has 0 spiro atoms. The van der Waals surface area contributed by atoms with E-state index in [4.69, 9.17) is 28.3 Å². The van der Waals surface area contributed by atoms with Crippen LogP contribution in [-0.4, -0.2) is 28.9 Å². The third kappa shape index (κ3) is 4.37. The molecule has 2 rings (SSSR count). The minimum Gasteiger partial charge on any atom is -0.481 e. The van der Waals surface area contributed by atoms with Crippen LogP contribution in [0.1, 0.15) is 31.2 Å². The minimum atomic E-state index is -0.757. The lowest BCUT2D eigenvalue weighted by atomic mass is 9.81. The van der Waals surface area contributed by atoms with Crippen molar-refractivity contribution in [2.45, 2.75) is 32.2 Å². The van der Waals surface area contributed by atoms with E-state index in [0.29, 0.717) is 42.3 Å². The van der Waals surface area contributed by atoms with Gasteiger partial charge in [0.15, 0.2) is 0 Å². The van der Waals surface area contributed by atoms with Gasteiger partial charge in [-0.15, -0.1) is 0 Å². The molecule has 1 aromatic carbocycles. The molecule has 6 heteroatoms. The van der Waals surface area contributed by atoms with E-state index in [1.807, 2.05) is 0 Å². The van der Waals surface area contributed by atoms with Crippen LogP contribution in [0, 0.1) is 11.8 Å². The quantitative estimate of drug-likeness (QED) is 0.903. The summed E-state index contributed by atoms with van der Waals surface area (Å²) in [5.74, 6) is -1.09. The van der Waals surface area contributed by atoms with Gasteiger partial charge in [0.05, 0.1) is 5.92 Å². The van der Waals surface area contributed by atoms with E-state index in [9.17, 15) is 9.59 Å². The molecule has 0 radical (unpaired) electrons. The van der Waals surface area contributed by atoms with Crippen molar-refractivity contribution in [3.05, 3.63) is 33.8 Å². The van der Waals surface area contributed by atoms with Gasteiger partial charge in [-0.2, -0.15) is 0 Å². The lowest BCUT2D eigenvalue weighted by Crippen LogP contribution is -2.35. The number of carboxylic acid groups (broad SMARTS) is 1. The lowest BCUT2D eigenvalue weighted by Gasteiger charge is -2.29. The van der Waals surface area contributed by atoms with Crippen molar-refractivity contribution in [1.82, 2.24) is 4.90 Å². The zero-order valence-electron chi connectivity index (χ0n) is 12.4. The first-order chi connectivity index (χ1) is 10.4. The molecule has 0 saturated heterocycles. The van der Waals surface area contributed by atoms with Crippen LogP contribution in [-0.2, 0) is 16.1 Å². The largest absolute Gasteiger partial charge is 0.481 e. The Morgan fingerprint density at radius 1 is 1.09 bits per heavy atom. The number of rotatable bonds is 4. The molecule has 0 aromatic heterocycles. The summed E-state index contributed by atoms with van der Waals surface area (Å²) in [7, 11) is 1.75. The van der Waals surface area contributed by atoms with Gasteiger partial charge in [0.2, 0.25) is 5.91 Å². The van der Waals surface area contributed by atoms with Gasteiger partial charge in [0.25, 0.3) is 0 Å². The van der Waals surface area contributed by atoms with E-state index in [-0.39, 0.29) is 17.7 Å². The Hall–Kier alpha value is -1.26. The van der Waals surface area contributed by atoms with Gasteiger partial charge in [0, 0.05) is 29.6 Å². The van der Waals surface area contributed by atoms with Crippen molar-refractivity contribution < 1.29 is 14.7 Å². The molecule has 0 heterocycles. The van der Waals surface area contributed by atoms with Crippen molar-refractivity contribution in [3.63, 3.8) is 0 Å². The molecule has 0 unspecified atom stereocenters. The Bertz CT molecular complexity index is 548. The molecular formula is C16H19Cl2NO3. The number of halogens is 2. The smallest absolute Gasteiger partial charge is 0.306 e. The number of hydrogen-bond donors (Lipinski definition) is 1. The SMILES string of the molecule is CN(Cc1cc(Cl)cc(Cl)c1)C(=O)C1CCC(C(=O)O)CC1. The monoisotopic (exact) mass is 343 g/mol. The maximum atomic E-state index is 12.5. The normalized spacial score (nSPS) is 21.4. The third-order valence-corrected chi connectivity index (χ3v) is 4.58. The molecule has 120 valence electrons. The fourth-order valence-electron chi connectivity index (χ4n) is 2.95. The highest BCUT2D eigenvalue weighted by Gasteiger charge is 2.31. The summed E-state index contributed by atoms with van der Waals surface area (Å²) in [6, 6.07) is 5.23. The van der Waals surface area contributed by atoms with Crippen LogP contribution >= 0.6 is 23.2 Å². The number of amides is 1. The van der Waals surface area contributed by atoms with E-state index in [0.717, 1.165) is 5.56 Å². The lowest BCUT2D eigenvalue weighted by molar-refractivity contribution is -0.145. The van der Waals surface area contributed by atoms with Crippen LogP contribution in [0.15, 0.2) is 18.2 Å². The Balaban J connectivity index is 1.94. The van der Waals surface area contributed by atoms with Gasteiger partial charge in [-0.3, -0.25) is 9.59 Å². The second-order valence-electron chi connectivity index (χ2n) is 5.86. The molecule has 22 heavy (non-hydrogen) atoms. The first kappa shape index (κ1) is 17.1. The van der Waals surface area contributed by atoms with Gasteiger partial charge in [-0.05, 0) is 49.4 Å². The molecule has 1 aromatic rings. The van der Waals surface area contributed by atoms with Gasteiger partial charge in [-0.25, -0.2) is 0 Å². The summed E-state index contributed by atoms with van der Waals surface area (Å²) in [5, 5.41) is 10.1. The van der Waals surface area contributed by atoms with Crippen LogP contribution in [0.5, 0.6) is 0 Å². The van der Waals surface area contributed by atoms with E-state index < -0.39 is 5.97 Å². The highest BCUT2D eigenvalue weighted by atomic mass is 35.5. The fourth-order valence-corrected chi connectivity index (χ4v) is 3.52. The van der Waals surface area contributed by atoms with E-state index >= 15 is 0 Å². The predicted molar refractivity (Wildman–Crippen MR) is 86.0 cm³/mol. The zero-order chi connectivity index (χ0) is 16.3. The topological polar surface area (TPSA) is 57.6 Å². The maximum Gasteiger partial charge on any atom is 0.306 e. The maximum absolute atomic E-state index is 12.5. The molecule has 1 fully saturated rings. The molecule has 1 amide bonds. The van der Waals surface area contributed by atoms with Gasteiger partial charge in [-0.1, -0.05) is 23.2 Å². The van der Waals surface area contributed by atoms with Gasteiger partial charge in [0.1, 0.15) is 0 Å². The Morgan fingerprint density at radius 3 is 2.09 bits per heavy atom. The summed E-state index contributed by atoms with van der Waals surface area (Å²) in [6.07, 6.45) is 2.41. The standard InChI is InChI=1S/C16H19Cl2NO3/c1-19(9-10-6-13(17)8-14(18)7-10)15(20)11-2-4-12(5-3-11)16(21)22/h6-8,11-12H,2-5,9H2,1H3,(H,21,22). The fraction of sp³-hybridized carbons (Fsp3) is 0.500. The second-order valence-corrected chi connectivity index (χ2v) is 6.73. The highest BCUT2D eigenvalue weighted by Crippen LogP contribution is 2.30. The molecule has 1 N–H and O–H groups in total. The van der Waals surface area contributed by atoms with Crippen LogP contribution in [0.4, 0.5) is 0 Å². The van der Waals surface area contributed by atoms with Crippen molar-refractivity contribution >= 4 is 35.1 Å². The predicted octanol–water partition coefficient (Wildman–Crippen LogP) is 3.84. The van der Waals surface area contributed by atoms with Crippen molar-refractivity contribution in [1.29, 1.82) is 0 Å². The van der Waals surface area contributed by atoms with Crippen molar-refractivity contribution in [3.8, 4) is 0 Å². The third-order valence-electron chi connectivity index (χ3n) is 4.14. The first-order valence-corrected chi connectivity index (χ1v) is 8.05. The molecular weight excluding hydrogens is 325 g/mol. The number of carboxylic acids is 1. The van der Waals surface area contributed by atoms with E-state index in [1.54, 1.807) is 30.1 Å². The molecule has 0 aliphatic heterocycles. The molecule has 0 bridgehead atoms. The summed E-state index contributed by atoms with van der Waals surface area (Å²) >= 11 is 11.9. The van der Waals surface area contributed by atoms with Crippen LogP contribution < -0.4 is 0 Å². The summed E-state index contributed by atoms with van der Waals surface area (Å²) < 4.78 is 0. The first-order valence-electron chi connectivity index (χ1n) is 7.29. The highest BCUT2D eigenvalue weighted by molar-refractivity contribution is 6.34. The second kappa shape index (κ2) is 7.34. The van der Waals surface area contributed by atoms with E-state index in [2.05, 4.69) is 0 Å². The van der Waals surface area contributed by atoms with E-state index in [1.165, 1.54) is 0 Å². The minimum absolute atomic E-state index is 0.0555. The number of carbonyl (C=O) groups is 2. The average molecular weight is 344 g/mol. The number of nitrogens with zero attached hydrogens (tertiary/aromatic N) is 1. The zero-order valence-corrected chi connectivity index (χ0v) is 13.9. The molecule has 1 saturated carbocycles. The van der Waals surface area contributed by atoms with Crippen LogP contribution in [0.25, 0.3) is 0 Å². The number of benzene rings is 1. The van der Waals surface area contributed by atoms with Gasteiger partial charge >= 0.3 is 5.97 Å². The molecule has 0 atom stereocenters. The summed E-state index contributed by atoms with van der Waals surface area (Å²) in [4.78, 5) is 25.1. The number of hydrogen-bond acceptors (Lipinski definition) is 2.